The van der Waals surface area contributed by atoms with Crippen molar-refractivity contribution in [1.82, 2.24) is 0 Å². The van der Waals surface area contributed by atoms with Crippen LogP contribution in [0, 0.1) is 29.1 Å². The highest BCUT2D eigenvalue weighted by atomic mass is 16.5. The second-order valence-corrected chi connectivity index (χ2v) is 20.6. The van der Waals surface area contributed by atoms with Crippen LogP contribution >= 0.6 is 0 Å². The van der Waals surface area contributed by atoms with Crippen molar-refractivity contribution in [1.29, 1.82) is 0 Å². The van der Waals surface area contributed by atoms with Gasteiger partial charge in [-0.15, -0.1) is 0 Å². The molecule has 0 aromatic heterocycles. The summed E-state index contributed by atoms with van der Waals surface area (Å²) in [5, 5.41) is 21.3. The third-order valence-corrected chi connectivity index (χ3v) is 19.8. The summed E-state index contributed by atoms with van der Waals surface area (Å²) in [4.78, 5) is 13.5. The second-order valence-electron chi connectivity index (χ2n) is 20.6. The lowest BCUT2D eigenvalue weighted by atomic mass is 9.62. The fourth-order valence-corrected chi connectivity index (χ4v) is 19.3. The molecule has 3 saturated carbocycles. The molecule has 0 N–H and O–H groups in total. The van der Waals surface area contributed by atoms with Crippen LogP contribution in [0.5, 0.6) is 0 Å². The molecule has 18 rings (SSSR count). The molecule has 0 amide bonds. The average molecular weight is 733 g/mol. The summed E-state index contributed by atoms with van der Waals surface area (Å²) < 4.78 is 5.87. The Labute approximate surface area is 329 Å². The molecule has 0 aliphatic heterocycles. The van der Waals surface area contributed by atoms with Gasteiger partial charge in [-0.2, -0.15) is 0 Å². The Morgan fingerprint density at radius 1 is 0.754 bits per heavy atom. The number of hydrogen-bond acceptors (Lipinski definition) is 2. The van der Waals surface area contributed by atoms with E-state index in [-0.39, 0.29) is 22.2 Å². The van der Waals surface area contributed by atoms with Crippen LogP contribution in [0.25, 0.3) is 75.8 Å². The quantitative estimate of drug-likeness (QED) is 0.0673. The van der Waals surface area contributed by atoms with E-state index in [9.17, 15) is 4.79 Å². The van der Waals surface area contributed by atoms with E-state index >= 15 is 0 Å². The maximum Gasteiger partial charge on any atom is 0.305 e. The van der Waals surface area contributed by atoms with Crippen LogP contribution in [0.4, 0.5) is 0 Å². The zero-order valence-corrected chi connectivity index (χ0v) is 32.2. The smallest absolute Gasteiger partial charge is 0.305 e. The number of allylic oxidation sites excluding steroid dienone is 4. The van der Waals surface area contributed by atoms with Gasteiger partial charge in [-0.1, -0.05) is 86.2 Å². The lowest BCUT2D eigenvalue weighted by Crippen LogP contribution is -2.38. The molecular weight excluding hydrogens is 693 g/mol. The summed E-state index contributed by atoms with van der Waals surface area (Å²) in [6.45, 7) is 2.73. The van der Waals surface area contributed by atoms with Crippen LogP contribution in [-0.2, 0) is 20.4 Å². The first-order chi connectivity index (χ1) is 28.2. The van der Waals surface area contributed by atoms with E-state index in [0.29, 0.717) is 54.5 Å². The van der Waals surface area contributed by atoms with E-state index in [0.717, 1.165) is 32.1 Å². The van der Waals surface area contributed by atoms with Crippen molar-refractivity contribution in [3.8, 4) is 0 Å². The van der Waals surface area contributed by atoms with Gasteiger partial charge in [0.1, 0.15) is 0 Å². The monoisotopic (exact) mass is 732 g/mol. The molecule has 10 aliphatic carbocycles. The minimum Gasteiger partial charge on any atom is -0.466 e. The van der Waals surface area contributed by atoms with Crippen LogP contribution in [-0.4, -0.2) is 12.6 Å². The van der Waals surface area contributed by atoms with Crippen molar-refractivity contribution in [3.63, 3.8) is 0 Å². The van der Waals surface area contributed by atoms with Crippen molar-refractivity contribution in [2.75, 3.05) is 6.61 Å². The Morgan fingerprint density at radius 3 is 2.46 bits per heavy atom. The molecule has 0 radical (unpaired) electrons. The molecule has 2 spiro atoms. The molecule has 0 heterocycles. The topological polar surface area (TPSA) is 26.3 Å². The Bertz CT molecular complexity index is 3510. The van der Waals surface area contributed by atoms with E-state index in [1.54, 1.807) is 104 Å². The van der Waals surface area contributed by atoms with E-state index < -0.39 is 0 Å². The number of rotatable bonds is 8. The summed E-state index contributed by atoms with van der Waals surface area (Å²) in [7, 11) is 0. The number of fused-ring (bicyclic) bond motifs is 5. The minimum absolute atomic E-state index is 0.00516. The van der Waals surface area contributed by atoms with Crippen molar-refractivity contribution in [2.24, 2.45) is 29.1 Å². The molecular formula is C55H40O2. The maximum absolute atomic E-state index is 13.5. The molecule has 8 aromatic carbocycles. The van der Waals surface area contributed by atoms with Crippen LogP contribution in [0.1, 0.15) is 115 Å². The lowest BCUT2D eigenvalue weighted by molar-refractivity contribution is -0.143. The normalized spacial score (nSPS) is 36.1. The van der Waals surface area contributed by atoms with Crippen LogP contribution in [0.2, 0.25) is 0 Å². The van der Waals surface area contributed by atoms with Crippen molar-refractivity contribution in [3.05, 3.63) is 117 Å². The molecule has 10 atom stereocenters. The molecule has 0 saturated heterocycles. The van der Waals surface area contributed by atoms with Gasteiger partial charge in [-0.3, -0.25) is 4.79 Å². The molecule has 3 fully saturated rings. The fourth-order valence-electron chi connectivity index (χ4n) is 19.3. The number of esters is 1. The van der Waals surface area contributed by atoms with Crippen LogP contribution < -0.4 is 5.22 Å². The molecule has 57 heavy (non-hydrogen) atoms. The maximum atomic E-state index is 13.5. The Morgan fingerprint density at radius 2 is 1.58 bits per heavy atom. The van der Waals surface area contributed by atoms with Gasteiger partial charge < -0.3 is 4.74 Å². The van der Waals surface area contributed by atoms with E-state index in [2.05, 4.69) is 79.7 Å². The van der Waals surface area contributed by atoms with Crippen molar-refractivity contribution < 1.29 is 9.53 Å². The highest BCUT2D eigenvalue weighted by Crippen LogP contribution is 2.99. The molecule has 10 unspecified atom stereocenters. The first-order valence-electron chi connectivity index (χ1n) is 22.7. The van der Waals surface area contributed by atoms with Gasteiger partial charge in [0.15, 0.2) is 0 Å². The third kappa shape index (κ3) is 2.22. The van der Waals surface area contributed by atoms with Gasteiger partial charge in [0.25, 0.3) is 0 Å². The molecule has 8 aromatic rings. The fraction of sp³-hybridized carbons (Fsp3) is 0.364. The zero-order valence-electron chi connectivity index (χ0n) is 32.2. The van der Waals surface area contributed by atoms with E-state index in [1.165, 1.54) is 23.6 Å². The van der Waals surface area contributed by atoms with Gasteiger partial charge in [-0.25, -0.2) is 0 Å². The first kappa shape index (κ1) is 28.5. The van der Waals surface area contributed by atoms with Crippen LogP contribution in [0.3, 0.4) is 0 Å². The van der Waals surface area contributed by atoms with Gasteiger partial charge in [0.2, 0.25) is 0 Å². The van der Waals surface area contributed by atoms with E-state index in [1.807, 2.05) is 5.57 Å². The SMILES string of the molecule is CCCCOC(=O)CCCC1(c2ccccc2)C23C4=c5c6c7c8c9c%10c%11c%12ccc%13c%14ccc%15c%16c(c5c(c6%10)c(c%16%14)c%13%11)C5C%15C=CC(C45)C2CCC(C8=CCC9%12)C713. The number of hydrogen-bond donors (Lipinski definition) is 0. The Kier molecular flexibility index (Phi) is 4.08. The molecule has 2 nitrogen and oxygen atoms in total. The van der Waals surface area contributed by atoms with Gasteiger partial charge in [0.05, 0.1) is 6.61 Å². The Hall–Kier alpha value is -4.95. The number of unbranched alkanes of at least 4 members (excludes halogenated alkanes) is 1. The predicted octanol–water partition coefficient (Wildman–Crippen LogP) is 11.8. The number of benzene rings is 6. The average Bonchev–Trinajstić information content (AvgIpc) is 3.89. The Balaban J connectivity index is 1.08. The standard InChI is InChI=1S/C55H40O2/c1-2-3-22-57-34(56)10-7-21-53(23-8-5-4-6-9-23)54-32-19-20-33-31-18-16-29-27-14-12-25-24-11-13-26-28-15-17-30(32)41-39(28)44-37(26)35(24)43-36(25)38(27)45-40(29)42(31)52(55(33,53)54)50-48(45)46(43)47(44)49(50)51(41)54/h4-6,8-9,11-15,17-18,28-30,32-33,39,41H,2-3,7,10,16,19-22H2,1H3. The summed E-state index contributed by atoms with van der Waals surface area (Å²) in [5.41, 5.74) is 15.5. The number of carbonyl (C=O) groups excluding carboxylic acids is 1. The lowest BCUT2D eigenvalue weighted by Gasteiger charge is -2.40. The summed E-state index contributed by atoms with van der Waals surface area (Å²) in [5.74, 6) is 3.71. The number of ether oxygens (including phenoxy) is 1. The van der Waals surface area contributed by atoms with Gasteiger partial charge >= 0.3 is 5.97 Å². The van der Waals surface area contributed by atoms with Crippen molar-refractivity contribution >= 4 is 81.8 Å². The molecule has 10 aliphatic rings. The largest absolute Gasteiger partial charge is 0.466 e. The third-order valence-electron chi connectivity index (χ3n) is 19.8. The van der Waals surface area contributed by atoms with Crippen molar-refractivity contribution in [2.45, 2.75) is 86.9 Å². The molecule has 2 heteroatoms. The highest BCUT2D eigenvalue weighted by Gasteiger charge is 2.97. The van der Waals surface area contributed by atoms with Crippen LogP contribution in [0.15, 0.2) is 72.8 Å². The summed E-state index contributed by atoms with van der Waals surface area (Å²) in [6, 6.07) is 22.3. The van der Waals surface area contributed by atoms with Gasteiger partial charge in [0, 0.05) is 40.4 Å². The minimum atomic E-state index is -0.0542. The zero-order chi connectivity index (χ0) is 36.4. The number of carbonyl (C=O) groups is 1. The summed E-state index contributed by atoms with van der Waals surface area (Å²) >= 11 is 0. The first-order valence-corrected chi connectivity index (χ1v) is 22.7. The van der Waals surface area contributed by atoms with E-state index in [4.69, 9.17) is 4.74 Å². The second kappa shape index (κ2) is 8.18. The summed E-state index contributed by atoms with van der Waals surface area (Å²) in [6.07, 6.45) is 16.5. The molecule has 0 bridgehead atoms. The highest BCUT2D eigenvalue weighted by molar-refractivity contribution is 6.51. The van der Waals surface area contributed by atoms with Gasteiger partial charge in [-0.05, 0) is 182 Å². The molecule has 272 valence electrons. The predicted molar refractivity (Wildman–Crippen MR) is 228 cm³/mol.